The smallest absolute Gasteiger partial charge is 0.292 e. The number of halogens is 3. The van der Waals surface area contributed by atoms with E-state index in [0.29, 0.717) is 0 Å². The highest BCUT2D eigenvalue weighted by Crippen LogP contribution is 2.27. The largest absolute Gasteiger partial charge is 0.433 e. The van der Waals surface area contributed by atoms with E-state index in [1.165, 1.54) is 0 Å². The van der Waals surface area contributed by atoms with Gasteiger partial charge < -0.3 is 0 Å². The first-order chi connectivity index (χ1) is 5.91. The maximum absolute atomic E-state index is 12.0. The lowest BCUT2D eigenvalue weighted by atomic mass is 10.2. The van der Waals surface area contributed by atoms with E-state index in [1.807, 2.05) is 0 Å². The molecular formula is C8H4F3NO. The molecule has 0 spiro atoms. The average molecular weight is 187 g/mol. The second-order valence-electron chi connectivity index (χ2n) is 2.27. The van der Waals surface area contributed by atoms with Gasteiger partial charge in [0.1, 0.15) is 11.4 Å². The molecule has 0 aliphatic carbocycles. The molecule has 0 aliphatic rings. The van der Waals surface area contributed by atoms with E-state index in [1.54, 1.807) is 0 Å². The van der Waals surface area contributed by atoms with Gasteiger partial charge in [-0.1, -0.05) is 6.07 Å². The number of pyridine rings is 1. The van der Waals surface area contributed by atoms with Crippen molar-refractivity contribution in [1.29, 1.82) is 0 Å². The zero-order chi connectivity index (χ0) is 10.1. The van der Waals surface area contributed by atoms with Crippen molar-refractivity contribution in [3.63, 3.8) is 0 Å². The Morgan fingerprint density at radius 2 is 2.00 bits per heavy atom. The fraction of sp³-hybridized carbons (Fsp3) is 0.125. The molecule has 1 aromatic heterocycles. The number of hydrogen-bond donors (Lipinski definition) is 0. The van der Waals surface area contributed by atoms with E-state index in [2.05, 4.69) is 4.98 Å². The molecule has 0 unspecified atom stereocenters. The molecule has 1 heterocycles. The number of nitrogens with zero attached hydrogens (tertiary/aromatic N) is 1. The Morgan fingerprint density at radius 3 is 2.46 bits per heavy atom. The van der Waals surface area contributed by atoms with Crippen molar-refractivity contribution in [2.24, 2.45) is 0 Å². The van der Waals surface area contributed by atoms with E-state index in [4.69, 9.17) is 6.92 Å². The summed E-state index contributed by atoms with van der Waals surface area (Å²) in [5.41, 5.74) is -1.52. The second-order valence-corrected chi connectivity index (χ2v) is 2.27. The maximum atomic E-state index is 12.0. The zero-order valence-corrected chi connectivity index (χ0v) is 6.30. The molecule has 13 heavy (non-hydrogen) atoms. The van der Waals surface area contributed by atoms with Crippen LogP contribution in [-0.4, -0.2) is 10.8 Å². The number of ketones is 1. The van der Waals surface area contributed by atoms with Crippen LogP contribution in [0.1, 0.15) is 16.2 Å². The van der Waals surface area contributed by atoms with E-state index in [9.17, 15) is 18.0 Å². The molecular weight excluding hydrogens is 183 g/mol. The van der Waals surface area contributed by atoms with Crippen LogP contribution in [-0.2, 0) is 6.18 Å². The minimum atomic E-state index is -4.55. The van der Waals surface area contributed by atoms with Crippen molar-refractivity contribution in [1.82, 2.24) is 4.98 Å². The molecule has 0 bridgehead atoms. The third-order valence-electron chi connectivity index (χ3n) is 1.29. The molecule has 2 radical (unpaired) electrons. The molecule has 0 saturated heterocycles. The molecule has 1 rings (SSSR count). The topological polar surface area (TPSA) is 30.0 Å². The molecule has 0 amide bonds. The Morgan fingerprint density at radius 1 is 1.38 bits per heavy atom. The Labute approximate surface area is 72.4 Å². The number of carbonyl (C=O) groups is 1. The molecule has 0 aliphatic heterocycles. The number of carbonyl (C=O) groups excluding carboxylic acids is 1. The third-order valence-corrected chi connectivity index (χ3v) is 1.29. The first kappa shape index (κ1) is 9.70. The van der Waals surface area contributed by atoms with Gasteiger partial charge in [-0.25, -0.2) is 4.98 Å². The van der Waals surface area contributed by atoms with Crippen molar-refractivity contribution in [2.45, 2.75) is 6.18 Å². The summed E-state index contributed by atoms with van der Waals surface area (Å²) in [6, 6.07) is 2.97. The highest BCUT2D eigenvalue weighted by molar-refractivity contribution is 5.97. The molecule has 0 N–H and O–H groups in total. The summed E-state index contributed by atoms with van der Waals surface area (Å²) in [5, 5.41) is 0. The van der Waals surface area contributed by atoms with E-state index >= 15 is 0 Å². The van der Waals surface area contributed by atoms with Crippen LogP contribution in [0.25, 0.3) is 0 Å². The van der Waals surface area contributed by atoms with Gasteiger partial charge in [-0.15, -0.1) is 0 Å². The molecule has 2 nitrogen and oxygen atoms in total. The van der Waals surface area contributed by atoms with Crippen molar-refractivity contribution in [3.8, 4) is 0 Å². The predicted molar refractivity (Wildman–Crippen MR) is 37.9 cm³/mol. The quantitative estimate of drug-likeness (QED) is 0.629. The Kier molecular flexibility index (Phi) is 2.36. The molecule has 68 valence electrons. The van der Waals surface area contributed by atoms with Crippen molar-refractivity contribution in [3.05, 3.63) is 36.5 Å². The summed E-state index contributed by atoms with van der Waals surface area (Å²) in [5.74, 6) is -0.980. The van der Waals surface area contributed by atoms with Crippen LogP contribution in [0.4, 0.5) is 13.2 Å². The lowest BCUT2D eigenvalue weighted by molar-refractivity contribution is -0.141. The fourth-order valence-corrected chi connectivity index (χ4v) is 0.730. The minimum absolute atomic E-state index is 0.394. The summed E-state index contributed by atoms with van der Waals surface area (Å²) < 4.78 is 36.1. The number of alkyl halides is 3. The number of hydrogen-bond acceptors (Lipinski definition) is 2. The van der Waals surface area contributed by atoms with Crippen molar-refractivity contribution < 1.29 is 18.0 Å². The molecule has 0 aromatic carbocycles. The maximum Gasteiger partial charge on any atom is 0.433 e. The van der Waals surface area contributed by atoms with E-state index < -0.39 is 23.3 Å². The van der Waals surface area contributed by atoms with Gasteiger partial charge in [0.2, 0.25) is 0 Å². The van der Waals surface area contributed by atoms with Crippen LogP contribution >= 0.6 is 0 Å². The summed E-state index contributed by atoms with van der Waals surface area (Å²) in [4.78, 5) is 13.5. The third kappa shape index (κ3) is 2.27. The summed E-state index contributed by atoms with van der Waals surface area (Å²) >= 11 is 0. The van der Waals surface area contributed by atoms with Crippen molar-refractivity contribution in [2.75, 3.05) is 0 Å². The summed E-state index contributed by atoms with van der Waals surface area (Å²) in [7, 11) is 0. The first-order valence-corrected chi connectivity index (χ1v) is 3.25. The van der Waals surface area contributed by atoms with Gasteiger partial charge in [0, 0.05) is 6.92 Å². The van der Waals surface area contributed by atoms with Crippen LogP contribution < -0.4 is 0 Å². The number of rotatable bonds is 1. The van der Waals surface area contributed by atoms with E-state index in [-0.39, 0.29) is 0 Å². The summed E-state index contributed by atoms with van der Waals surface area (Å²) in [6.07, 6.45) is -4.55. The highest BCUT2D eigenvalue weighted by atomic mass is 19.4. The second kappa shape index (κ2) is 3.16. The SMILES string of the molecule is [CH]C(=O)c1cccc(C(F)(F)F)n1. The average Bonchev–Trinajstić information content (AvgIpc) is 2.03. The van der Waals surface area contributed by atoms with Crippen LogP contribution in [0.5, 0.6) is 0 Å². The normalized spacial score (nSPS) is 11.4. The first-order valence-electron chi connectivity index (χ1n) is 3.25. The predicted octanol–water partition coefficient (Wildman–Crippen LogP) is 1.99. The van der Waals surface area contributed by atoms with Gasteiger partial charge in [0.15, 0.2) is 5.78 Å². The van der Waals surface area contributed by atoms with Gasteiger partial charge in [0.05, 0.1) is 0 Å². The minimum Gasteiger partial charge on any atom is -0.292 e. The molecule has 0 atom stereocenters. The molecule has 1 aromatic rings. The van der Waals surface area contributed by atoms with Gasteiger partial charge in [-0.05, 0) is 12.1 Å². The Balaban J connectivity index is 3.13. The number of aromatic nitrogens is 1. The van der Waals surface area contributed by atoms with Crippen LogP contribution in [0.3, 0.4) is 0 Å². The van der Waals surface area contributed by atoms with Crippen LogP contribution in [0.2, 0.25) is 0 Å². The van der Waals surface area contributed by atoms with Gasteiger partial charge >= 0.3 is 6.18 Å². The highest BCUT2D eigenvalue weighted by Gasteiger charge is 2.32. The van der Waals surface area contributed by atoms with Crippen LogP contribution in [0.15, 0.2) is 18.2 Å². The van der Waals surface area contributed by atoms with E-state index in [0.717, 1.165) is 18.2 Å². The fourth-order valence-electron chi connectivity index (χ4n) is 0.730. The monoisotopic (exact) mass is 187 g/mol. The van der Waals surface area contributed by atoms with Gasteiger partial charge in [-0.3, -0.25) is 4.79 Å². The van der Waals surface area contributed by atoms with Crippen LogP contribution in [0, 0.1) is 6.92 Å². The standard InChI is InChI=1S/C8H4F3NO/c1-5(13)6-3-2-4-7(12-6)8(9,10)11/h1-4H. The number of Topliss-reactive ketones (excluding diaryl/α,β-unsaturated/α-hetero) is 1. The van der Waals surface area contributed by atoms with Gasteiger partial charge in [-0.2, -0.15) is 13.2 Å². The Bertz CT molecular complexity index is 332. The van der Waals surface area contributed by atoms with Crippen molar-refractivity contribution >= 4 is 5.78 Å². The Hall–Kier alpha value is -1.39. The lowest BCUT2D eigenvalue weighted by Crippen LogP contribution is -2.10. The molecule has 5 heteroatoms. The molecule has 0 saturated carbocycles. The summed E-state index contributed by atoms with van der Waals surface area (Å²) in [6.45, 7) is 4.76. The zero-order valence-electron chi connectivity index (χ0n) is 6.30. The molecule has 0 fully saturated rings. The lowest BCUT2D eigenvalue weighted by Gasteiger charge is -2.05. The van der Waals surface area contributed by atoms with Gasteiger partial charge in [0.25, 0.3) is 0 Å².